The smallest absolute Gasteiger partial charge is 0.267 e. The van der Waals surface area contributed by atoms with Crippen molar-refractivity contribution in [1.82, 2.24) is 9.29 Å². The quantitative estimate of drug-likeness (QED) is 0.851. The molecule has 0 unspecified atom stereocenters. The summed E-state index contributed by atoms with van der Waals surface area (Å²) in [6.07, 6.45) is 0.499. The molecule has 21 heavy (non-hydrogen) atoms. The first kappa shape index (κ1) is 14.2. The summed E-state index contributed by atoms with van der Waals surface area (Å²) in [6, 6.07) is 6.95. The second-order valence-electron chi connectivity index (χ2n) is 4.88. The molecule has 1 fully saturated rings. The predicted octanol–water partition coefficient (Wildman–Crippen LogP) is 2.29. The number of nitrogens with zero attached hydrogens (tertiary/aromatic N) is 2. The minimum atomic E-state index is -3.44. The van der Waals surface area contributed by atoms with Crippen LogP contribution in [-0.2, 0) is 10.0 Å². The molecule has 2 heterocycles. The molecule has 0 saturated carbocycles. The fraction of sp³-hybridized carbons (Fsp3) is 0.286. The lowest BCUT2D eigenvalue weighted by atomic mass is 10.1. The van der Waals surface area contributed by atoms with E-state index >= 15 is 0 Å². The molecule has 0 aliphatic carbocycles. The van der Waals surface area contributed by atoms with Crippen molar-refractivity contribution in [2.24, 2.45) is 0 Å². The fourth-order valence-corrected chi connectivity index (χ4v) is 4.42. The van der Waals surface area contributed by atoms with Gasteiger partial charge in [0.05, 0.1) is 16.5 Å². The Labute approximate surface area is 127 Å². The second-order valence-corrected chi connectivity index (χ2v) is 7.95. The zero-order valence-corrected chi connectivity index (χ0v) is 13.1. The first-order chi connectivity index (χ1) is 9.97. The number of thiazole rings is 1. The van der Waals surface area contributed by atoms with E-state index in [9.17, 15) is 13.2 Å². The van der Waals surface area contributed by atoms with Crippen molar-refractivity contribution in [2.45, 2.75) is 13.3 Å². The number of carbonyl (C=O) groups excluding carboxylic acids is 1. The number of carbonyl (C=O) groups is 1. The number of rotatable bonds is 2. The summed E-state index contributed by atoms with van der Waals surface area (Å²) >= 11 is 1.54. The molecular weight excluding hydrogens is 308 g/mol. The zero-order valence-electron chi connectivity index (χ0n) is 11.4. The number of sulfonamides is 1. The Morgan fingerprint density at radius 1 is 1.38 bits per heavy atom. The molecule has 1 aromatic heterocycles. The SMILES string of the molecule is Cc1nc(-c2cccc(C(=O)N3CCCS3(=O)=O)c2)cs1. The molecule has 3 rings (SSSR count). The largest absolute Gasteiger partial charge is 0.268 e. The standard InChI is InChI=1S/C14H14N2O3S2/c1-10-15-13(9-20-10)11-4-2-5-12(8-11)14(17)16-6-3-7-21(16,18)19/h2,4-5,8-9H,3,6-7H2,1H3. The van der Waals surface area contributed by atoms with E-state index < -0.39 is 15.9 Å². The van der Waals surface area contributed by atoms with E-state index in [2.05, 4.69) is 4.98 Å². The summed E-state index contributed by atoms with van der Waals surface area (Å²) in [4.78, 5) is 16.8. The molecule has 2 aromatic rings. The average Bonchev–Trinajstić information content (AvgIpc) is 3.03. The maximum absolute atomic E-state index is 12.4. The van der Waals surface area contributed by atoms with Gasteiger partial charge in [0.1, 0.15) is 0 Å². The Hall–Kier alpha value is -1.73. The Morgan fingerprint density at radius 3 is 2.81 bits per heavy atom. The van der Waals surface area contributed by atoms with Gasteiger partial charge in [0.15, 0.2) is 0 Å². The highest BCUT2D eigenvalue weighted by Crippen LogP contribution is 2.24. The van der Waals surface area contributed by atoms with Crippen LogP contribution >= 0.6 is 11.3 Å². The van der Waals surface area contributed by atoms with Crippen molar-refractivity contribution < 1.29 is 13.2 Å². The van der Waals surface area contributed by atoms with Crippen molar-refractivity contribution >= 4 is 27.3 Å². The highest BCUT2D eigenvalue weighted by Gasteiger charge is 2.33. The van der Waals surface area contributed by atoms with Crippen LogP contribution in [0.3, 0.4) is 0 Å². The van der Waals surface area contributed by atoms with E-state index in [-0.39, 0.29) is 12.3 Å². The molecule has 1 amide bonds. The number of aryl methyl sites for hydroxylation is 1. The van der Waals surface area contributed by atoms with Crippen LogP contribution in [-0.4, -0.2) is 35.9 Å². The van der Waals surface area contributed by atoms with Gasteiger partial charge >= 0.3 is 0 Å². The lowest BCUT2D eigenvalue weighted by Gasteiger charge is -2.15. The second kappa shape index (κ2) is 5.23. The van der Waals surface area contributed by atoms with E-state index in [0.29, 0.717) is 12.0 Å². The lowest BCUT2D eigenvalue weighted by molar-refractivity contribution is 0.0870. The first-order valence-electron chi connectivity index (χ1n) is 6.55. The maximum Gasteiger partial charge on any atom is 0.267 e. The highest BCUT2D eigenvalue weighted by atomic mass is 32.2. The molecule has 0 atom stereocenters. The summed E-state index contributed by atoms with van der Waals surface area (Å²) < 4.78 is 24.6. The summed E-state index contributed by atoms with van der Waals surface area (Å²) in [7, 11) is -3.44. The Bertz CT molecular complexity index is 796. The van der Waals surface area contributed by atoms with Crippen molar-refractivity contribution in [2.75, 3.05) is 12.3 Å². The van der Waals surface area contributed by atoms with Crippen LogP contribution in [0.4, 0.5) is 0 Å². The minimum Gasteiger partial charge on any atom is -0.268 e. The molecule has 5 nitrogen and oxygen atoms in total. The molecule has 1 aliphatic rings. The predicted molar refractivity (Wildman–Crippen MR) is 81.7 cm³/mol. The Morgan fingerprint density at radius 2 is 2.19 bits per heavy atom. The van der Waals surface area contributed by atoms with Gasteiger partial charge in [-0.3, -0.25) is 4.79 Å². The van der Waals surface area contributed by atoms with Gasteiger partial charge in [0.2, 0.25) is 10.0 Å². The molecule has 0 spiro atoms. The minimum absolute atomic E-state index is 0.0453. The van der Waals surface area contributed by atoms with Crippen molar-refractivity contribution in [1.29, 1.82) is 0 Å². The van der Waals surface area contributed by atoms with Crippen molar-refractivity contribution in [3.05, 3.63) is 40.2 Å². The van der Waals surface area contributed by atoms with Gasteiger partial charge in [0, 0.05) is 23.1 Å². The summed E-state index contributed by atoms with van der Waals surface area (Å²) in [5, 5.41) is 2.87. The summed E-state index contributed by atoms with van der Waals surface area (Å²) in [5.41, 5.74) is 2.00. The molecule has 0 radical (unpaired) electrons. The fourth-order valence-electron chi connectivity index (χ4n) is 2.32. The number of hydrogen-bond acceptors (Lipinski definition) is 5. The topological polar surface area (TPSA) is 67.3 Å². The third-order valence-electron chi connectivity index (χ3n) is 3.35. The number of aromatic nitrogens is 1. The van der Waals surface area contributed by atoms with Gasteiger partial charge in [0.25, 0.3) is 5.91 Å². The van der Waals surface area contributed by atoms with Gasteiger partial charge in [-0.25, -0.2) is 17.7 Å². The van der Waals surface area contributed by atoms with Crippen LogP contribution in [0.5, 0.6) is 0 Å². The van der Waals surface area contributed by atoms with Crippen LogP contribution in [0.1, 0.15) is 21.8 Å². The van der Waals surface area contributed by atoms with E-state index in [1.165, 1.54) is 11.3 Å². The van der Waals surface area contributed by atoms with Crippen LogP contribution in [0.25, 0.3) is 11.3 Å². The van der Waals surface area contributed by atoms with E-state index in [0.717, 1.165) is 20.6 Å². The van der Waals surface area contributed by atoms with E-state index in [4.69, 9.17) is 0 Å². The van der Waals surface area contributed by atoms with E-state index in [1.807, 2.05) is 18.4 Å². The average molecular weight is 322 g/mol. The summed E-state index contributed by atoms with van der Waals surface area (Å²) in [6.45, 7) is 2.18. The molecule has 110 valence electrons. The summed E-state index contributed by atoms with van der Waals surface area (Å²) in [5.74, 6) is -0.412. The Balaban J connectivity index is 1.95. The third kappa shape index (κ3) is 2.71. The van der Waals surface area contributed by atoms with Crippen LogP contribution < -0.4 is 0 Å². The molecule has 1 aliphatic heterocycles. The monoisotopic (exact) mass is 322 g/mol. The number of hydrogen-bond donors (Lipinski definition) is 0. The van der Waals surface area contributed by atoms with Gasteiger partial charge < -0.3 is 0 Å². The van der Waals surface area contributed by atoms with E-state index in [1.54, 1.807) is 18.2 Å². The highest BCUT2D eigenvalue weighted by molar-refractivity contribution is 7.89. The molecule has 0 N–H and O–H groups in total. The van der Waals surface area contributed by atoms with Gasteiger partial charge in [-0.05, 0) is 25.5 Å². The maximum atomic E-state index is 12.4. The van der Waals surface area contributed by atoms with Gasteiger partial charge in [-0.15, -0.1) is 11.3 Å². The van der Waals surface area contributed by atoms with Crippen molar-refractivity contribution in [3.63, 3.8) is 0 Å². The third-order valence-corrected chi connectivity index (χ3v) is 5.95. The lowest BCUT2D eigenvalue weighted by Crippen LogP contribution is -2.32. The van der Waals surface area contributed by atoms with Crippen molar-refractivity contribution in [3.8, 4) is 11.3 Å². The zero-order chi connectivity index (χ0) is 15.0. The van der Waals surface area contributed by atoms with Gasteiger partial charge in [-0.1, -0.05) is 12.1 Å². The Kier molecular flexibility index (Phi) is 3.54. The molecular formula is C14H14N2O3S2. The molecule has 7 heteroatoms. The molecule has 1 saturated heterocycles. The van der Waals surface area contributed by atoms with Crippen LogP contribution in [0.15, 0.2) is 29.6 Å². The van der Waals surface area contributed by atoms with Crippen LogP contribution in [0.2, 0.25) is 0 Å². The molecule has 1 aromatic carbocycles. The van der Waals surface area contributed by atoms with Gasteiger partial charge in [-0.2, -0.15) is 0 Å². The number of benzene rings is 1. The first-order valence-corrected chi connectivity index (χ1v) is 9.03. The van der Waals surface area contributed by atoms with Crippen LogP contribution in [0, 0.1) is 6.92 Å². The number of amides is 1. The normalized spacial score (nSPS) is 17.1. The molecule has 0 bridgehead atoms.